The Bertz CT molecular complexity index is 1540. The van der Waals surface area contributed by atoms with Gasteiger partial charge in [-0.25, -0.2) is 13.2 Å². The molecular formula is C24H22F3N7O. The van der Waals surface area contributed by atoms with Gasteiger partial charge >= 0.3 is 0 Å². The van der Waals surface area contributed by atoms with Crippen LogP contribution in [-0.2, 0) is 13.6 Å². The van der Waals surface area contributed by atoms with Crippen molar-refractivity contribution < 1.29 is 13.2 Å². The number of nitrogens with zero attached hydrogens (tertiary/aromatic N) is 5. The Morgan fingerprint density at radius 3 is 2.66 bits per heavy atom. The number of aryl methyl sites for hydroxylation is 1. The van der Waals surface area contributed by atoms with Crippen LogP contribution >= 0.6 is 0 Å². The molecule has 3 aliphatic heterocycles. The van der Waals surface area contributed by atoms with Crippen molar-refractivity contribution >= 4 is 11.8 Å². The van der Waals surface area contributed by atoms with Gasteiger partial charge in [-0.1, -0.05) is 18.2 Å². The largest absolute Gasteiger partial charge is 0.369 e. The van der Waals surface area contributed by atoms with E-state index in [4.69, 9.17) is 5.73 Å². The molecule has 8 nitrogen and oxygen atoms in total. The summed E-state index contributed by atoms with van der Waals surface area (Å²) in [6.45, 7) is 2.88. The summed E-state index contributed by atoms with van der Waals surface area (Å²) in [5.74, 6) is 0.347. The Hall–Kier alpha value is -4.15. The summed E-state index contributed by atoms with van der Waals surface area (Å²) in [4.78, 5) is 25.2. The number of hydrogen-bond donors (Lipinski definition) is 2. The fourth-order valence-corrected chi connectivity index (χ4v) is 4.34. The van der Waals surface area contributed by atoms with Gasteiger partial charge in [-0.3, -0.25) is 9.79 Å². The second-order valence-corrected chi connectivity index (χ2v) is 8.35. The minimum Gasteiger partial charge on any atom is -0.369 e. The number of anilines is 2. The first-order chi connectivity index (χ1) is 16.7. The van der Waals surface area contributed by atoms with Crippen molar-refractivity contribution in [3.05, 3.63) is 75.4 Å². The summed E-state index contributed by atoms with van der Waals surface area (Å²) in [6, 6.07) is 8.10. The molecule has 0 fully saturated rings. The molecule has 35 heavy (non-hydrogen) atoms. The van der Waals surface area contributed by atoms with Crippen molar-refractivity contribution in [2.75, 3.05) is 17.6 Å². The van der Waals surface area contributed by atoms with Gasteiger partial charge in [-0.15, -0.1) is 0 Å². The molecule has 0 saturated heterocycles. The average molecular weight is 481 g/mol. The van der Waals surface area contributed by atoms with E-state index in [9.17, 15) is 18.0 Å². The zero-order valence-corrected chi connectivity index (χ0v) is 19.0. The predicted molar refractivity (Wildman–Crippen MR) is 126 cm³/mol. The third-order valence-electron chi connectivity index (χ3n) is 6.08. The highest BCUT2D eigenvalue weighted by Crippen LogP contribution is 2.36. The zero-order valence-electron chi connectivity index (χ0n) is 19.0. The number of rotatable bonds is 4. The molecule has 3 N–H and O–H groups in total. The first-order valence-electron chi connectivity index (χ1n) is 11.0. The molecule has 3 aliphatic rings. The Kier molecular flexibility index (Phi) is 5.54. The van der Waals surface area contributed by atoms with Gasteiger partial charge in [0.25, 0.3) is 6.43 Å². The minimum absolute atomic E-state index is 0.0123. The summed E-state index contributed by atoms with van der Waals surface area (Å²) in [5, 5.41) is 3.35. The van der Waals surface area contributed by atoms with E-state index in [0.717, 1.165) is 23.0 Å². The van der Waals surface area contributed by atoms with E-state index in [0.29, 0.717) is 24.5 Å². The van der Waals surface area contributed by atoms with Crippen molar-refractivity contribution in [3.8, 4) is 22.5 Å². The number of halogens is 3. The van der Waals surface area contributed by atoms with Gasteiger partial charge in [-0.2, -0.15) is 9.97 Å². The van der Waals surface area contributed by atoms with Crippen molar-refractivity contribution in [2.24, 2.45) is 12.0 Å². The summed E-state index contributed by atoms with van der Waals surface area (Å²) in [7, 11) is 1.67. The van der Waals surface area contributed by atoms with E-state index >= 15 is 0 Å². The van der Waals surface area contributed by atoms with E-state index in [-0.39, 0.29) is 22.6 Å². The molecule has 0 amide bonds. The van der Waals surface area contributed by atoms with Crippen molar-refractivity contribution in [2.45, 2.75) is 25.9 Å². The smallest absolute Gasteiger partial charge is 0.266 e. The topological polar surface area (TPSA) is 103 Å². The fourth-order valence-electron chi connectivity index (χ4n) is 4.34. The maximum Gasteiger partial charge on any atom is 0.266 e. The van der Waals surface area contributed by atoms with Crippen molar-refractivity contribution in [3.63, 3.8) is 0 Å². The van der Waals surface area contributed by atoms with Crippen LogP contribution < -0.4 is 22.1 Å². The molecule has 1 atom stereocenters. The molecule has 5 rings (SSSR count). The molecule has 0 saturated carbocycles. The summed E-state index contributed by atoms with van der Waals surface area (Å²) < 4.78 is 44.6. The first-order valence-corrected chi connectivity index (χ1v) is 11.0. The number of nitrogen functional groups attached to an aromatic ring is 1. The van der Waals surface area contributed by atoms with Crippen molar-refractivity contribution in [1.82, 2.24) is 19.1 Å². The molecule has 0 unspecified atom stereocenters. The Labute approximate surface area is 198 Å². The van der Waals surface area contributed by atoms with Crippen LogP contribution in [0.25, 0.3) is 22.5 Å². The lowest BCUT2D eigenvalue weighted by molar-refractivity contribution is 0.146. The van der Waals surface area contributed by atoms with E-state index in [1.54, 1.807) is 26.2 Å². The molecule has 2 aromatic rings. The number of fused-ring (bicyclic) bond motifs is 3. The molecule has 0 bridgehead atoms. The lowest BCUT2D eigenvalue weighted by Gasteiger charge is -2.18. The Morgan fingerprint density at radius 1 is 1.14 bits per heavy atom. The van der Waals surface area contributed by atoms with Crippen LogP contribution in [0.1, 0.15) is 30.5 Å². The number of nitrogens with one attached hydrogen (secondary N) is 1. The van der Waals surface area contributed by atoms with E-state index in [1.165, 1.54) is 22.8 Å². The van der Waals surface area contributed by atoms with Crippen LogP contribution in [0.2, 0.25) is 0 Å². The van der Waals surface area contributed by atoms with Gasteiger partial charge in [0.1, 0.15) is 17.5 Å². The summed E-state index contributed by atoms with van der Waals surface area (Å²) >= 11 is 0. The summed E-state index contributed by atoms with van der Waals surface area (Å²) in [5.41, 5.74) is 7.57. The third kappa shape index (κ3) is 3.92. The zero-order chi connectivity index (χ0) is 24.9. The van der Waals surface area contributed by atoms with Crippen LogP contribution in [0.15, 0.2) is 52.4 Å². The number of hydrogen-bond acceptors (Lipinski definition) is 6. The number of nitrogens with two attached hydrogens (primary N) is 1. The Balaban J connectivity index is 1.74. The molecule has 11 heteroatoms. The van der Waals surface area contributed by atoms with Crippen LogP contribution in [0.4, 0.5) is 24.9 Å². The van der Waals surface area contributed by atoms with Gasteiger partial charge < -0.3 is 20.2 Å². The molecular weight excluding hydrogens is 459 g/mol. The van der Waals surface area contributed by atoms with E-state index in [1.807, 2.05) is 10.6 Å². The SMILES string of the molecule is C[C@@H](N=c1nc(N)nc2n3c(c(-c4ccc(=O)n(C)c4)cc1-2)NCC3)c1cccc(C(F)F)c1F. The highest BCUT2D eigenvalue weighted by Gasteiger charge is 2.25. The molecule has 4 heterocycles. The monoisotopic (exact) mass is 481 g/mol. The number of benzene rings is 1. The fraction of sp³-hybridized carbons (Fsp3) is 0.250. The molecule has 0 spiro atoms. The van der Waals surface area contributed by atoms with Crippen LogP contribution in [0.3, 0.4) is 0 Å². The van der Waals surface area contributed by atoms with Gasteiger partial charge in [0.2, 0.25) is 11.5 Å². The normalized spacial score (nSPS) is 14.4. The molecule has 0 aliphatic carbocycles. The molecule has 1 aromatic heterocycles. The standard InChI is InChI=1S/C24H22F3N7O/c1-12(14-4-3-5-15(19(14)25)20(26)27)30-21-17-10-16(13-6-7-18(35)33(2)11-13)22-29-8-9-34(22)23(17)32-24(28)31-21/h3-7,10-12,20,29H,8-9H2,1-2H3,(H2,28,30,31)/t12-/m1/s1. The van der Waals surface area contributed by atoms with Gasteiger partial charge in [0.05, 0.1) is 17.2 Å². The molecule has 1 aromatic carbocycles. The summed E-state index contributed by atoms with van der Waals surface area (Å²) in [6.07, 6.45) is -1.21. The highest BCUT2D eigenvalue weighted by molar-refractivity contribution is 5.82. The minimum atomic E-state index is -2.94. The third-order valence-corrected chi connectivity index (χ3v) is 6.08. The average Bonchev–Trinajstić information content (AvgIpc) is 3.31. The lowest BCUT2D eigenvalue weighted by Crippen LogP contribution is -2.22. The van der Waals surface area contributed by atoms with E-state index in [2.05, 4.69) is 20.3 Å². The van der Waals surface area contributed by atoms with Gasteiger partial charge in [-0.05, 0) is 19.1 Å². The lowest BCUT2D eigenvalue weighted by atomic mass is 10.0. The maximum atomic E-state index is 14.8. The Morgan fingerprint density at radius 2 is 1.91 bits per heavy atom. The van der Waals surface area contributed by atoms with Gasteiger partial charge in [0.15, 0.2) is 5.49 Å². The second kappa shape index (κ2) is 8.57. The molecule has 0 radical (unpaired) electrons. The number of aromatic nitrogens is 4. The van der Waals surface area contributed by atoms with Gasteiger partial charge in [0, 0.05) is 49.1 Å². The number of alkyl halides is 2. The maximum absolute atomic E-state index is 14.8. The van der Waals surface area contributed by atoms with Crippen LogP contribution in [0.5, 0.6) is 0 Å². The van der Waals surface area contributed by atoms with Crippen LogP contribution in [-0.4, -0.2) is 25.6 Å². The van der Waals surface area contributed by atoms with Crippen LogP contribution in [0, 0.1) is 5.82 Å². The van der Waals surface area contributed by atoms with E-state index < -0.39 is 23.8 Å². The second-order valence-electron chi connectivity index (χ2n) is 8.35. The predicted octanol–water partition coefficient (Wildman–Crippen LogP) is 3.49. The quantitative estimate of drug-likeness (QED) is 0.465. The molecule has 180 valence electrons. The first kappa shape index (κ1) is 22.6. The highest BCUT2D eigenvalue weighted by atomic mass is 19.3. The van der Waals surface area contributed by atoms with Crippen molar-refractivity contribution in [1.29, 1.82) is 0 Å². The number of pyridine rings is 2.